The number of alkyl halides is 1. The number of nitrogens with one attached hydrogen (secondary N) is 1. The molecule has 0 unspecified atom stereocenters. The van der Waals surface area contributed by atoms with Crippen molar-refractivity contribution in [2.24, 2.45) is 0 Å². The zero-order valence-electron chi connectivity index (χ0n) is 11.2. The molecule has 1 aliphatic heterocycles. The van der Waals surface area contributed by atoms with Crippen molar-refractivity contribution in [1.82, 2.24) is 10.2 Å². The molecule has 0 radical (unpaired) electrons. The van der Waals surface area contributed by atoms with Crippen LogP contribution in [0.25, 0.3) is 0 Å². The molecule has 0 spiro atoms. The summed E-state index contributed by atoms with van der Waals surface area (Å²) in [6, 6.07) is 6.00. The van der Waals surface area contributed by atoms with Crippen LogP contribution in [-0.4, -0.2) is 37.8 Å². The molecular weight excluding hydrogens is 286 g/mol. The van der Waals surface area contributed by atoms with Gasteiger partial charge in [-0.25, -0.2) is 0 Å². The van der Waals surface area contributed by atoms with Crippen molar-refractivity contribution in [3.63, 3.8) is 0 Å². The summed E-state index contributed by atoms with van der Waals surface area (Å²) >= 11 is 6.31. The summed E-state index contributed by atoms with van der Waals surface area (Å²) < 4.78 is 12.9. The summed E-state index contributed by atoms with van der Waals surface area (Å²) in [6.45, 7) is 5.58. The average molecular weight is 307 g/mol. The van der Waals surface area contributed by atoms with E-state index in [-0.39, 0.29) is 25.1 Å². The van der Waals surface area contributed by atoms with Crippen LogP contribution < -0.4 is 5.32 Å². The lowest BCUT2D eigenvalue weighted by molar-refractivity contribution is 0.157. The zero-order chi connectivity index (χ0) is 13.0. The molecule has 108 valence electrons. The number of piperazine rings is 1. The normalized spacial score (nSPS) is 17.8. The molecule has 1 fully saturated rings. The fourth-order valence-corrected chi connectivity index (χ4v) is 3.02. The van der Waals surface area contributed by atoms with Gasteiger partial charge in [0.05, 0.1) is 6.67 Å². The minimum atomic E-state index is -0.306. The average Bonchev–Trinajstić information content (AvgIpc) is 2.38. The lowest BCUT2D eigenvalue weighted by Crippen LogP contribution is -2.45. The summed E-state index contributed by atoms with van der Waals surface area (Å²) in [6.07, 6.45) is 0.518. The molecule has 0 bridgehead atoms. The van der Waals surface area contributed by atoms with Gasteiger partial charge in [0.25, 0.3) is 0 Å². The van der Waals surface area contributed by atoms with Crippen LogP contribution in [0.3, 0.4) is 0 Å². The van der Waals surface area contributed by atoms with Gasteiger partial charge in [-0.3, -0.25) is 9.29 Å². The van der Waals surface area contributed by atoms with E-state index in [4.69, 9.17) is 11.6 Å². The molecule has 1 saturated heterocycles. The van der Waals surface area contributed by atoms with Gasteiger partial charge in [0.15, 0.2) is 0 Å². The molecule has 1 atom stereocenters. The third-order valence-electron chi connectivity index (χ3n) is 3.58. The highest BCUT2D eigenvalue weighted by Crippen LogP contribution is 2.33. The smallest absolute Gasteiger partial charge is 0.0912 e. The van der Waals surface area contributed by atoms with Gasteiger partial charge in [0.1, 0.15) is 0 Å². The van der Waals surface area contributed by atoms with Crippen LogP contribution in [0, 0.1) is 6.92 Å². The molecule has 1 aromatic carbocycles. The summed E-state index contributed by atoms with van der Waals surface area (Å²) in [5, 5.41) is 4.08. The van der Waals surface area contributed by atoms with E-state index in [2.05, 4.69) is 23.2 Å². The Balaban J connectivity index is 0.00000180. The van der Waals surface area contributed by atoms with Crippen molar-refractivity contribution in [2.45, 2.75) is 19.4 Å². The Labute approximate surface area is 125 Å². The zero-order valence-corrected chi connectivity index (χ0v) is 12.7. The predicted molar refractivity (Wildman–Crippen MR) is 81.2 cm³/mol. The van der Waals surface area contributed by atoms with E-state index >= 15 is 0 Å². The summed E-state index contributed by atoms with van der Waals surface area (Å²) in [5.41, 5.74) is 2.25. The first-order chi connectivity index (χ1) is 8.74. The van der Waals surface area contributed by atoms with E-state index < -0.39 is 0 Å². The second-order valence-corrected chi connectivity index (χ2v) is 5.16. The monoisotopic (exact) mass is 306 g/mol. The highest BCUT2D eigenvalue weighted by Gasteiger charge is 2.24. The molecule has 2 rings (SSSR count). The van der Waals surface area contributed by atoms with Crippen LogP contribution in [0.1, 0.15) is 23.6 Å². The Morgan fingerprint density at radius 1 is 1.37 bits per heavy atom. The quantitative estimate of drug-likeness (QED) is 0.917. The van der Waals surface area contributed by atoms with Crippen LogP contribution in [0.4, 0.5) is 4.39 Å². The van der Waals surface area contributed by atoms with Gasteiger partial charge in [0, 0.05) is 37.2 Å². The topological polar surface area (TPSA) is 15.3 Å². The molecule has 0 aliphatic carbocycles. The largest absolute Gasteiger partial charge is 0.314 e. The molecule has 1 heterocycles. The lowest BCUT2D eigenvalue weighted by Gasteiger charge is -2.36. The first kappa shape index (κ1) is 16.7. The maximum Gasteiger partial charge on any atom is 0.0912 e. The van der Waals surface area contributed by atoms with E-state index in [1.807, 2.05) is 12.1 Å². The highest BCUT2D eigenvalue weighted by molar-refractivity contribution is 6.31. The van der Waals surface area contributed by atoms with Gasteiger partial charge in [-0.1, -0.05) is 23.7 Å². The third-order valence-corrected chi connectivity index (χ3v) is 3.91. The molecule has 5 heteroatoms. The molecule has 1 aromatic rings. The summed E-state index contributed by atoms with van der Waals surface area (Å²) in [5.74, 6) is 0. The second-order valence-electron chi connectivity index (χ2n) is 4.75. The molecule has 0 amide bonds. The number of halogens is 3. The van der Waals surface area contributed by atoms with Crippen LogP contribution in [0.2, 0.25) is 5.02 Å². The molecule has 2 nitrogen and oxygen atoms in total. The number of aryl methyl sites for hydroxylation is 1. The summed E-state index contributed by atoms with van der Waals surface area (Å²) in [4.78, 5) is 2.34. The van der Waals surface area contributed by atoms with Crippen molar-refractivity contribution >= 4 is 24.0 Å². The van der Waals surface area contributed by atoms with E-state index in [0.29, 0.717) is 6.42 Å². The van der Waals surface area contributed by atoms with Gasteiger partial charge in [-0.05, 0) is 30.5 Å². The Bertz CT molecular complexity index is 375. The number of nitrogens with zero attached hydrogens (tertiary/aromatic N) is 1. The van der Waals surface area contributed by atoms with Crippen LogP contribution in [-0.2, 0) is 0 Å². The number of hydrogen-bond acceptors (Lipinski definition) is 2. The Morgan fingerprint density at radius 3 is 2.63 bits per heavy atom. The first-order valence-corrected chi connectivity index (χ1v) is 6.87. The van der Waals surface area contributed by atoms with Crippen molar-refractivity contribution in [2.75, 3.05) is 32.9 Å². The standard InChI is InChI=1S/C14H20ClFN2.ClH/c1-11-3-2-4-12(15)14(11)13(5-6-16)18-9-7-17-8-10-18;/h2-4,13,17H,5-10H2,1H3;1H/t13-;/m0./s1. The molecule has 1 N–H and O–H groups in total. The molecular formula is C14H21Cl2FN2. The van der Waals surface area contributed by atoms with E-state index in [9.17, 15) is 4.39 Å². The Hall–Kier alpha value is -0.350. The SMILES string of the molecule is Cc1cccc(Cl)c1[C@H](CCF)N1CCNCC1.Cl. The number of rotatable bonds is 4. The minimum Gasteiger partial charge on any atom is -0.314 e. The third kappa shape index (κ3) is 4.06. The number of benzene rings is 1. The van der Waals surface area contributed by atoms with Gasteiger partial charge >= 0.3 is 0 Å². The maximum atomic E-state index is 12.9. The fraction of sp³-hybridized carbons (Fsp3) is 0.571. The Kier molecular flexibility index (Phi) is 7.08. The van der Waals surface area contributed by atoms with Crippen molar-refractivity contribution in [3.8, 4) is 0 Å². The van der Waals surface area contributed by atoms with Crippen LogP contribution >= 0.6 is 24.0 Å². The summed E-state index contributed by atoms with van der Waals surface area (Å²) in [7, 11) is 0. The van der Waals surface area contributed by atoms with Crippen molar-refractivity contribution in [1.29, 1.82) is 0 Å². The van der Waals surface area contributed by atoms with Crippen molar-refractivity contribution in [3.05, 3.63) is 34.3 Å². The van der Waals surface area contributed by atoms with Crippen LogP contribution in [0.5, 0.6) is 0 Å². The first-order valence-electron chi connectivity index (χ1n) is 6.49. The predicted octanol–water partition coefficient (Wildman–Crippen LogP) is 3.38. The van der Waals surface area contributed by atoms with Gasteiger partial charge in [0.2, 0.25) is 0 Å². The second kappa shape index (κ2) is 8.05. The van der Waals surface area contributed by atoms with Crippen LogP contribution in [0.15, 0.2) is 18.2 Å². The molecule has 0 saturated carbocycles. The fourth-order valence-electron chi connectivity index (χ4n) is 2.67. The van der Waals surface area contributed by atoms with E-state index in [1.165, 1.54) is 0 Å². The minimum absolute atomic E-state index is 0. The van der Waals surface area contributed by atoms with Crippen molar-refractivity contribution < 1.29 is 4.39 Å². The van der Waals surface area contributed by atoms with E-state index in [1.54, 1.807) is 0 Å². The van der Waals surface area contributed by atoms with Gasteiger partial charge in [-0.2, -0.15) is 0 Å². The molecule has 0 aromatic heterocycles. The lowest BCUT2D eigenvalue weighted by atomic mass is 9.97. The number of hydrogen-bond donors (Lipinski definition) is 1. The molecule has 1 aliphatic rings. The van der Waals surface area contributed by atoms with E-state index in [0.717, 1.165) is 42.3 Å². The maximum absolute atomic E-state index is 12.9. The highest BCUT2D eigenvalue weighted by atomic mass is 35.5. The van der Waals surface area contributed by atoms with Gasteiger partial charge < -0.3 is 5.32 Å². The van der Waals surface area contributed by atoms with Gasteiger partial charge in [-0.15, -0.1) is 12.4 Å². The molecule has 19 heavy (non-hydrogen) atoms. The Morgan fingerprint density at radius 2 is 2.05 bits per heavy atom.